The van der Waals surface area contributed by atoms with Gasteiger partial charge < -0.3 is 19.5 Å². The number of piperidine rings is 1. The standard InChI is InChI=1S/C31H35N3O6S/c1-31(2,3)40-30(36)33-12-10-26(11-13-33)39-27-8-9-28-25(18-27)19-29(34(28)41(37,38)15-14-35)23-7-6-22-5-4-21(20-32)16-24(22)17-23/h4-9,16-18,26,29,35H,10-15,19H2,1-3H3. The number of anilines is 1. The number of carbonyl (C=O) groups is 1. The number of rotatable bonds is 6. The fraction of sp³-hybridized carbons (Fsp3) is 0.419. The number of likely N-dealkylation sites (tertiary alicyclic amines) is 1. The van der Waals surface area contributed by atoms with Crippen LogP contribution < -0.4 is 9.04 Å². The molecule has 2 aliphatic heterocycles. The molecule has 5 rings (SSSR count). The van der Waals surface area contributed by atoms with E-state index in [0.29, 0.717) is 49.4 Å². The van der Waals surface area contributed by atoms with Crippen molar-refractivity contribution in [2.75, 3.05) is 29.8 Å². The number of nitrogens with zero attached hydrogens (tertiary/aromatic N) is 3. The van der Waals surface area contributed by atoms with Gasteiger partial charge in [-0.05, 0) is 79.1 Å². The zero-order valence-electron chi connectivity index (χ0n) is 23.5. The Labute approximate surface area is 240 Å². The van der Waals surface area contributed by atoms with E-state index in [2.05, 4.69) is 6.07 Å². The van der Waals surface area contributed by atoms with E-state index in [1.807, 2.05) is 51.1 Å². The number of fused-ring (bicyclic) bond motifs is 2. The molecule has 1 fully saturated rings. The SMILES string of the molecule is CC(C)(C)OC(=O)N1CCC(Oc2ccc3c(c2)CC(c2ccc4ccc(C#N)cc4c2)N3S(=O)(=O)CCO)CC1. The molecule has 0 saturated carbocycles. The summed E-state index contributed by atoms with van der Waals surface area (Å²) in [6, 6.07) is 18.3. The minimum atomic E-state index is -3.81. The number of hydrogen-bond donors (Lipinski definition) is 1. The number of hydrogen-bond acceptors (Lipinski definition) is 7. The predicted octanol–water partition coefficient (Wildman–Crippen LogP) is 4.92. The normalized spacial score (nSPS) is 17.8. The van der Waals surface area contributed by atoms with Crippen molar-refractivity contribution in [3.8, 4) is 11.8 Å². The molecule has 216 valence electrons. The fourth-order valence-corrected chi connectivity index (χ4v) is 6.99. The van der Waals surface area contributed by atoms with Crippen molar-refractivity contribution in [1.82, 2.24) is 4.90 Å². The second kappa shape index (κ2) is 11.2. The molecule has 2 heterocycles. The molecule has 1 unspecified atom stereocenters. The van der Waals surface area contributed by atoms with Gasteiger partial charge in [-0.25, -0.2) is 13.2 Å². The van der Waals surface area contributed by atoms with Gasteiger partial charge in [0.1, 0.15) is 17.5 Å². The van der Waals surface area contributed by atoms with Crippen LogP contribution in [0, 0.1) is 11.3 Å². The number of ether oxygens (including phenoxy) is 2. The lowest BCUT2D eigenvalue weighted by Gasteiger charge is -2.33. The van der Waals surface area contributed by atoms with Crippen LogP contribution in [0.4, 0.5) is 10.5 Å². The second-order valence-corrected chi connectivity index (χ2v) is 13.5. The lowest BCUT2D eigenvalue weighted by atomic mass is 9.98. The average Bonchev–Trinajstić information content (AvgIpc) is 3.32. The molecule has 0 aliphatic carbocycles. The van der Waals surface area contributed by atoms with Gasteiger partial charge in [0.2, 0.25) is 10.0 Å². The van der Waals surface area contributed by atoms with E-state index in [1.54, 1.807) is 29.2 Å². The second-order valence-electron chi connectivity index (χ2n) is 11.6. The van der Waals surface area contributed by atoms with Gasteiger partial charge >= 0.3 is 6.09 Å². The summed E-state index contributed by atoms with van der Waals surface area (Å²) in [6.07, 6.45) is 1.38. The van der Waals surface area contributed by atoms with Crippen molar-refractivity contribution in [3.63, 3.8) is 0 Å². The molecular formula is C31H35N3O6S. The maximum absolute atomic E-state index is 13.4. The van der Waals surface area contributed by atoms with Gasteiger partial charge in [-0.15, -0.1) is 0 Å². The van der Waals surface area contributed by atoms with Crippen LogP contribution >= 0.6 is 0 Å². The molecule has 1 amide bonds. The van der Waals surface area contributed by atoms with Crippen LogP contribution in [0.15, 0.2) is 54.6 Å². The summed E-state index contributed by atoms with van der Waals surface area (Å²) in [6.45, 7) is 6.14. The highest BCUT2D eigenvalue weighted by Gasteiger charge is 2.38. The summed E-state index contributed by atoms with van der Waals surface area (Å²) in [7, 11) is -3.81. The lowest BCUT2D eigenvalue weighted by Crippen LogP contribution is -2.44. The number of nitriles is 1. The van der Waals surface area contributed by atoms with Crippen molar-refractivity contribution in [3.05, 3.63) is 71.3 Å². The third-order valence-electron chi connectivity index (χ3n) is 7.41. The molecule has 0 bridgehead atoms. The average molecular weight is 578 g/mol. The fourth-order valence-electron chi connectivity index (χ4n) is 5.50. The molecule has 3 aromatic carbocycles. The minimum absolute atomic E-state index is 0.0759. The van der Waals surface area contributed by atoms with Gasteiger partial charge in [0, 0.05) is 32.4 Å². The lowest BCUT2D eigenvalue weighted by molar-refractivity contribution is 0.0126. The number of carbonyl (C=O) groups excluding carboxylic acids is 1. The molecule has 1 saturated heterocycles. The number of sulfonamides is 1. The Hall–Kier alpha value is -3.81. The van der Waals surface area contributed by atoms with Crippen LogP contribution in [0.5, 0.6) is 5.75 Å². The zero-order valence-corrected chi connectivity index (χ0v) is 24.4. The van der Waals surface area contributed by atoms with E-state index in [9.17, 15) is 23.6 Å². The molecule has 1 N–H and O–H groups in total. The van der Waals surface area contributed by atoms with E-state index in [4.69, 9.17) is 9.47 Å². The molecule has 2 aliphatic rings. The van der Waals surface area contributed by atoms with Gasteiger partial charge in [-0.2, -0.15) is 5.26 Å². The van der Waals surface area contributed by atoms with E-state index in [0.717, 1.165) is 21.9 Å². The van der Waals surface area contributed by atoms with E-state index >= 15 is 0 Å². The Balaban J connectivity index is 1.37. The first-order valence-corrected chi connectivity index (χ1v) is 15.4. The third-order valence-corrected chi connectivity index (χ3v) is 9.16. The smallest absolute Gasteiger partial charge is 0.410 e. The van der Waals surface area contributed by atoms with E-state index in [-0.39, 0.29) is 18.0 Å². The predicted molar refractivity (Wildman–Crippen MR) is 156 cm³/mol. The highest BCUT2D eigenvalue weighted by Crippen LogP contribution is 2.44. The quantitative estimate of drug-likeness (QED) is 0.442. The van der Waals surface area contributed by atoms with Crippen LogP contribution in [0.3, 0.4) is 0 Å². The van der Waals surface area contributed by atoms with Crippen LogP contribution in [0.2, 0.25) is 0 Å². The Kier molecular flexibility index (Phi) is 7.86. The van der Waals surface area contributed by atoms with Crippen molar-refractivity contribution >= 4 is 32.6 Å². The molecule has 0 radical (unpaired) electrons. The number of aliphatic hydroxyl groups excluding tert-OH is 1. The number of aliphatic hydroxyl groups is 1. The first kappa shape index (κ1) is 28.7. The highest BCUT2D eigenvalue weighted by molar-refractivity contribution is 7.92. The molecule has 1 atom stereocenters. The molecule has 9 nitrogen and oxygen atoms in total. The Morgan fingerprint density at radius 1 is 1.05 bits per heavy atom. The van der Waals surface area contributed by atoms with Gasteiger partial charge in [-0.3, -0.25) is 4.31 Å². The van der Waals surface area contributed by atoms with Crippen molar-refractivity contribution in [1.29, 1.82) is 5.26 Å². The zero-order chi connectivity index (χ0) is 29.4. The molecule has 41 heavy (non-hydrogen) atoms. The maximum atomic E-state index is 13.4. The summed E-state index contributed by atoms with van der Waals surface area (Å²) >= 11 is 0. The topological polar surface area (TPSA) is 120 Å². The van der Waals surface area contributed by atoms with Gasteiger partial charge in [-0.1, -0.05) is 18.2 Å². The van der Waals surface area contributed by atoms with E-state index < -0.39 is 28.3 Å². The monoisotopic (exact) mass is 577 g/mol. The Morgan fingerprint density at radius 3 is 2.46 bits per heavy atom. The molecule has 0 aromatic heterocycles. The van der Waals surface area contributed by atoms with Crippen LogP contribution in [-0.2, 0) is 21.2 Å². The van der Waals surface area contributed by atoms with Crippen LogP contribution in [0.1, 0.15) is 56.3 Å². The summed E-state index contributed by atoms with van der Waals surface area (Å²) < 4.78 is 39.9. The third kappa shape index (κ3) is 6.26. The minimum Gasteiger partial charge on any atom is -0.490 e. The van der Waals surface area contributed by atoms with Crippen LogP contribution in [0.25, 0.3) is 10.8 Å². The van der Waals surface area contributed by atoms with Crippen molar-refractivity contribution < 1.29 is 27.8 Å². The Bertz CT molecular complexity index is 1600. The van der Waals surface area contributed by atoms with Crippen molar-refractivity contribution in [2.24, 2.45) is 0 Å². The number of amides is 1. The summed E-state index contributed by atoms with van der Waals surface area (Å²) in [4.78, 5) is 14.1. The van der Waals surface area contributed by atoms with Gasteiger partial charge in [0.25, 0.3) is 0 Å². The molecule has 0 spiro atoms. The van der Waals surface area contributed by atoms with Crippen LogP contribution in [-0.4, -0.2) is 61.7 Å². The van der Waals surface area contributed by atoms with Gasteiger partial charge in [0.15, 0.2) is 0 Å². The summed E-state index contributed by atoms with van der Waals surface area (Å²) in [5.41, 5.74) is 2.21. The highest BCUT2D eigenvalue weighted by atomic mass is 32.2. The molecular weight excluding hydrogens is 542 g/mol. The first-order valence-electron chi connectivity index (χ1n) is 13.8. The van der Waals surface area contributed by atoms with E-state index in [1.165, 1.54) is 4.31 Å². The number of benzene rings is 3. The molecule has 10 heteroatoms. The Morgan fingerprint density at radius 2 is 1.78 bits per heavy atom. The molecule has 3 aromatic rings. The largest absolute Gasteiger partial charge is 0.490 e. The van der Waals surface area contributed by atoms with Crippen molar-refractivity contribution in [2.45, 2.75) is 57.8 Å². The maximum Gasteiger partial charge on any atom is 0.410 e. The summed E-state index contributed by atoms with van der Waals surface area (Å²) in [5.74, 6) is 0.264. The first-order chi connectivity index (χ1) is 19.5. The summed E-state index contributed by atoms with van der Waals surface area (Å²) in [5, 5.41) is 20.7. The van der Waals surface area contributed by atoms with Gasteiger partial charge in [0.05, 0.1) is 35.7 Å².